The minimum absolute atomic E-state index is 0.0833. The highest BCUT2D eigenvalue weighted by atomic mass is 32.1. The molecular weight excluding hydrogens is 174 g/mol. The molecule has 0 aliphatic carbocycles. The van der Waals surface area contributed by atoms with Crippen LogP contribution in [0.5, 0.6) is 0 Å². The normalized spacial score (nSPS) is 9.08. The number of carbonyl (C=O) groups is 1. The SMILES string of the molecule is CCN(CC)CC.O=C(O)CS. The molecule has 0 aliphatic rings. The van der Waals surface area contributed by atoms with Gasteiger partial charge in [0.05, 0.1) is 5.75 Å². The summed E-state index contributed by atoms with van der Waals surface area (Å²) < 4.78 is 0. The second-order valence-electron chi connectivity index (χ2n) is 2.17. The highest BCUT2D eigenvalue weighted by molar-refractivity contribution is 7.81. The van der Waals surface area contributed by atoms with Crippen LogP contribution >= 0.6 is 12.6 Å². The maximum Gasteiger partial charge on any atom is 0.313 e. The lowest BCUT2D eigenvalue weighted by Gasteiger charge is -2.13. The molecule has 1 N–H and O–H groups in total. The fourth-order valence-electron chi connectivity index (χ4n) is 0.671. The van der Waals surface area contributed by atoms with Crippen molar-refractivity contribution >= 4 is 18.6 Å². The third kappa shape index (κ3) is 12.5. The van der Waals surface area contributed by atoms with E-state index in [0.29, 0.717) is 0 Å². The summed E-state index contributed by atoms with van der Waals surface area (Å²) in [6.45, 7) is 10.1. The summed E-state index contributed by atoms with van der Waals surface area (Å²) in [6.07, 6.45) is 0. The Balaban J connectivity index is 0. The summed E-state index contributed by atoms with van der Waals surface area (Å²) in [4.78, 5) is 11.7. The number of hydrogen-bond donors (Lipinski definition) is 2. The van der Waals surface area contributed by atoms with Crippen LogP contribution in [0.25, 0.3) is 0 Å². The van der Waals surface area contributed by atoms with Gasteiger partial charge in [0.1, 0.15) is 0 Å². The van der Waals surface area contributed by atoms with E-state index < -0.39 is 5.97 Å². The van der Waals surface area contributed by atoms with Gasteiger partial charge >= 0.3 is 5.97 Å². The number of hydrogen-bond acceptors (Lipinski definition) is 3. The number of nitrogens with zero attached hydrogens (tertiary/aromatic N) is 1. The van der Waals surface area contributed by atoms with Gasteiger partial charge in [-0.05, 0) is 19.6 Å². The first-order valence-electron chi connectivity index (χ1n) is 4.17. The van der Waals surface area contributed by atoms with Crippen molar-refractivity contribution in [2.75, 3.05) is 25.4 Å². The van der Waals surface area contributed by atoms with Crippen molar-refractivity contribution in [1.29, 1.82) is 0 Å². The molecule has 0 aromatic heterocycles. The van der Waals surface area contributed by atoms with Crippen molar-refractivity contribution in [1.82, 2.24) is 4.90 Å². The minimum Gasteiger partial charge on any atom is -0.481 e. The molecule has 0 aromatic carbocycles. The third-order valence-corrected chi connectivity index (χ3v) is 1.75. The molecule has 4 heteroatoms. The van der Waals surface area contributed by atoms with Gasteiger partial charge in [-0.15, -0.1) is 0 Å². The summed E-state index contributed by atoms with van der Waals surface area (Å²) in [6, 6.07) is 0. The van der Waals surface area contributed by atoms with Gasteiger partial charge in [0.2, 0.25) is 0 Å². The highest BCUT2D eigenvalue weighted by Gasteiger charge is 1.89. The van der Waals surface area contributed by atoms with Gasteiger partial charge in [-0.25, -0.2) is 0 Å². The van der Waals surface area contributed by atoms with E-state index in [1.807, 2.05) is 0 Å². The zero-order valence-electron chi connectivity index (χ0n) is 8.08. The maximum absolute atomic E-state index is 9.29. The molecule has 0 heterocycles. The van der Waals surface area contributed by atoms with Crippen molar-refractivity contribution in [2.45, 2.75) is 20.8 Å². The van der Waals surface area contributed by atoms with Gasteiger partial charge in [-0.3, -0.25) is 4.79 Å². The molecule has 74 valence electrons. The van der Waals surface area contributed by atoms with Crippen LogP contribution in [0.4, 0.5) is 0 Å². The van der Waals surface area contributed by atoms with Crippen LogP contribution in [0.15, 0.2) is 0 Å². The topological polar surface area (TPSA) is 40.5 Å². The summed E-state index contributed by atoms with van der Waals surface area (Å²) in [5, 5.41) is 7.65. The second-order valence-corrected chi connectivity index (χ2v) is 2.49. The molecule has 0 bridgehead atoms. The first kappa shape index (κ1) is 14.3. The Hall–Kier alpha value is -0.220. The molecule has 3 nitrogen and oxygen atoms in total. The molecule has 0 radical (unpaired) electrons. The molecule has 0 saturated heterocycles. The second kappa shape index (κ2) is 10.8. The van der Waals surface area contributed by atoms with Gasteiger partial charge in [0.15, 0.2) is 0 Å². The van der Waals surface area contributed by atoms with Crippen LogP contribution in [-0.4, -0.2) is 41.4 Å². The zero-order chi connectivity index (χ0) is 9.98. The Kier molecular flexibility index (Phi) is 12.9. The molecule has 12 heavy (non-hydrogen) atoms. The number of carboxylic acids is 1. The lowest BCUT2D eigenvalue weighted by molar-refractivity contribution is -0.133. The Morgan fingerprint density at radius 1 is 1.25 bits per heavy atom. The molecule has 0 rings (SSSR count). The Morgan fingerprint density at radius 3 is 1.50 bits per heavy atom. The average molecular weight is 193 g/mol. The van der Waals surface area contributed by atoms with Crippen LogP contribution in [0.2, 0.25) is 0 Å². The van der Waals surface area contributed by atoms with E-state index in [4.69, 9.17) is 5.11 Å². The quantitative estimate of drug-likeness (QED) is 0.662. The van der Waals surface area contributed by atoms with Crippen molar-refractivity contribution in [3.05, 3.63) is 0 Å². The largest absolute Gasteiger partial charge is 0.481 e. The molecule has 0 fully saturated rings. The highest BCUT2D eigenvalue weighted by Crippen LogP contribution is 1.81. The maximum atomic E-state index is 9.29. The van der Waals surface area contributed by atoms with Crippen LogP contribution in [0.3, 0.4) is 0 Å². The van der Waals surface area contributed by atoms with Gasteiger partial charge in [-0.2, -0.15) is 12.6 Å². The molecule has 0 spiro atoms. The van der Waals surface area contributed by atoms with E-state index in [1.165, 1.54) is 19.6 Å². The van der Waals surface area contributed by atoms with Gasteiger partial charge in [0.25, 0.3) is 0 Å². The van der Waals surface area contributed by atoms with E-state index in [-0.39, 0.29) is 5.75 Å². The van der Waals surface area contributed by atoms with E-state index in [0.717, 1.165) is 0 Å². The smallest absolute Gasteiger partial charge is 0.313 e. The number of aliphatic carboxylic acids is 1. The minimum atomic E-state index is -0.881. The summed E-state index contributed by atoms with van der Waals surface area (Å²) in [5.41, 5.74) is 0. The summed E-state index contributed by atoms with van der Waals surface area (Å²) in [5.74, 6) is -0.965. The third-order valence-electron chi connectivity index (χ3n) is 1.48. The van der Waals surface area contributed by atoms with Gasteiger partial charge < -0.3 is 10.0 Å². The standard InChI is InChI=1S/C6H15N.C2H4O2S/c1-4-7(5-2)6-3;3-2(4)1-5/h4-6H2,1-3H3;5H,1H2,(H,3,4). The molecule has 0 atom stereocenters. The Morgan fingerprint density at radius 2 is 1.50 bits per heavy atom. The summed E-state index contributed by atoms with van der Waals surface area (Å²) >= 11 is 3.42. The van der Waals surface area contributed by atoms with Crippen molar-refractivity contribution < 1.29 is 9.90 Å². The van der Waals surface area contributed by atoms with E-state index >= 15 is 0 Å². The zero-order valence-corrected chi connectivity index (χ0v) is 8.97. The van der Waals surface area contributed by atoms with Crippen molar-refractivity contribution in [3.63, 3.8) is 0 Å². The van der Waals surface area contributed by atoms with E-state index in [9.17, 15) is 4.79 Å². The monoisotopic (exact) mass is 193 g/mol. The van der Waals surface area contributed by atoms with Crippen LogP contribution in [0, 0.1) is 0 Å². The molecule has 0 amide bonds. The van der Waals surface area contributed by atoms with Crippen molar-refractivity contribution in [2.24, 2.45) is 0 Å². The fraction of sp³-hybridized carbons (Fsp3) is 0.875. The number of thiol groups is 1. The molecule has 0 unspecified atom stereocenters. The predicted octanol–water partition coefficient (Wildman–Crippen LogP) is 1.35. The Bertz CT molecular complexity index is 99.7. The first-order chi connectivity index (χ1) is 5.62. The van der Waals surface area contributed by atoms with Crippen LogP contribution < -0.4 is 0 Å². The molecular formula is C8H19NO2S. The number of rotatable bonds is 4. The molecule has 0 saturated carbocycles. The van der Waals surface area contributed by atoms with Gasteiger partial charge in [0, 0.05) is 0 Å². The molecule has 0 aromatic rings. The average Bonchev–Trinajstić information content (AvgIpc) is 2.09. The fourth-order valence-corrected chi connectivity index (χ4v) is 0.671. The lowest BCUT2D eigenvalue weighted by atomic mass is 10.5. The predicted molar refractivity (Wildman–Crippen MR) is 55.0 cm³/mol. The van der Waals surface area contributed by atoms with Gasteiger partial charge in [-0.1, -0.05) is 20.8 Å². The lowest BCUT2D eigenvalue weighted by Crippen LogP contribution is -2.21. The van der Waals surface area contributed by atoms with Crippen LogP contribution in [-0.2, 0) is 4.79 Å². The number of carboxylic acid groups (broad SMARTS) is 1. The van der Waals surface area contributed by atoms with E-state index in [1.54, 1.807) is 0 Å². The first-order valence-corrected chi connectivity index (χ1v) is 4.80. The summed E-state index contributed by atoms with van der Waals surface area (Å²) in [7, 11) is 0. The Labute approximate surface area is 80.2 Å². The van der Waals surface area contributed by atoms with E-state index in [2.05, 4.69) is 38.3 Å². The van der Waals surface area contributed by atoms with Crippen LogP contribution in [0.1, 0.15) is 20.8 Å². The van der Waals surface area contributed by atoms with Crippen molar-refractivity contribution in [3.8, 4) is 0 Å². The molecule has 0 aliphatic heterocycles.